The molecular weight excluding hydrogens is 627 g/mol. The molecule has 2 aromatic carbocycles. The lowest BCUT2D eigenvalue weighted by Gasteiger charge is -2.34. The van der Waals surface area contributed by atoms with Gasteiger partial charge >= 0.3 is 5.97 Å². The van der Waals surface area contributed by atoms with Crippen LogP contribution in [0.4, 0.5) is 0 Å². The number of carbonyl (C=O) groups is 3. The van der Waals surface area contributed by atoms with E-state index in [1.807, 2.05) is 36.4 Å². The zero-order valence-electron chi connectivity index (χ0n) is 25.4. The number of esters is 1. The molecule has 2 amide bonds. The van der Waals surface area contributed by atoms with E-state index in [1.54, 1.807) is 25.2 Å². The Morgan fingerprint density at radius 1 is 0.957 bits per heavy atom. The van der Waals surface area contributed by atoms with Crippen LogP contribution in [0, 0.1) is 5.92 Å². The molecule has 2 aliphatic heterocycles. The van der Waals surface area contributed by atoms with Crippen molar-refractivity contribution in [2.75, 3.05) is 13.2 Å². The predicted molar refractivity (Wildman–Crippen MR) is 177 cm³/mol. The molecule has 2 fully saturated rings. The first-order valence-electron chi connectivity index (χ1n) is 15.5. The molecule has 0 spiro atoms. The number of fused-ring (bicyclic) bond motifs is 1. The van der Waals surface area contributed by atoms with Crippen LogP contribution in [0.5, 0.6) is 0 Å². The van der Waals surface area contributed by atoms with Gasteiger partial charge in [0.1, 0.15) is 6.04 Å². The minimum Gasteiger partial charge on any atom is -0.454 e. The number of amides is 2. The molecule has 3 atom stereocenters. The van der Waals surface area contributed by atoms with Gasteiger partial charge in [0.15, 0.2) is 6.61 Å². The van der Waals surface area contributed by atoms with Gasteiger partial charge in [-0.1, -0.05) is 47.5 Å². The number of hydrazone groups is 1. The van der Waals surface area contributed by atoms with E-state index < -0.39 is 30.4 Å². The van der Waals surface area contributed by atoms with Crippen LogP contribution in [0.1, 0.15) is 66.1 Å². The third-order valence-corrected chi connectivity index (χ3v) is 9.41. The van der Waals surface area contributed by atoms with Crippen LogP contribution in [0.2, 0.25) is 10.0 Å². The number of allylic oxidation sites excluding steroid dienone is 1. The molecule has 3 aliphatic rings. The number of benzene rings is 2. The maximum atomic E-state index is 13.8. The van der Waals surface area contributed by atoms with Gasteiger partial charge in [0.25, 0.3) is 17.4 Å². The average Bonchev–Trinajstić information content (AvgIpc) is 3.46. The van der Waals surface area contributed by atoms with Gasteiger partial charge in [-0.3, -0.25) is 14.4 Å². The van der Waals surface area contributed by atoms with E-state index in [0.29, 0.717) is 23.0 Å². The number of carbonyl (C=O) groups excluding carboxylic acids is 3. The van der Waals surface area contributed by atoms with Gasteiger partial charge in [-0.2, -0.15) is 5.10 Å². The molecule has 1 aliphatic carbocycles. The monoisotopic (exact) mass is 660 g/mol. The van der Waals surface area contributed by atoms with Crippen LogP contribution in [0.3, 0.4) is 0 Å². The van der Waals surface area contributed by atoms with E-state index in [0.717, 1.165) is 54.5 Å². The summed E-state index contributed by atoms with van der Waals surface area (Å²) in [6, 6.07) is 16.5. The van der Waals surface area contributed by atoms with E-state index in [9.17, 15) is 19.2 Å². The molecule has 0 bridgehead atoms. The normalized spacial score (nSPS) is 21.9. The van der Waals surface area contributed by atoms with Crippen LogP contribution >= 0.6 is 23.2 Å². The van der Waals surface area contributed by atoms with Crippen molar-refractivity contribution in [3.63, 3.8) is 0 Å². The number of hydrogen-bond acceptors (Lipinski definition) is 6. The Hall–Kier alpha value is -4.21. The first-order chi connectivity index (χ1) is 22.2. The Morgan fingerprint density at radius 2 is 1.67 bits per heavy atom. The smallest absolute Gasteiger partial charge is 0.329 e. The lowest BCUT2D eigenvalue weighted by atomic mass is 9.77. The van der Waals surface area contributed by atoms with Crippen molar-refractivity contribution in [2.45, 2.75) is 50.6 Å². The van der Waals surface area contributed by atoms with Crippen molar-refractivity contribution in [3.8, 4) is 0 Å². The number of aryl methyl sites for hydroxylation is 1. The minimum absolute atomic E-state index is 0.0434. The SMILES string of the molecule is Cn1ccc(C(=O)N2CCCCC2C(=O)OCC(=O)N2N=C3/C(=C\c4ccc(Cl)cc4)CCCC3C2c2ccc(Cl)cc2)cc1=O. The first kappa shape index (κ1) is 31.8. The highest BCUT2D eigenvalue weighted by Crippen LogP contribution is 2.44. The molecule has 6 rings (SSSR count). The van der Waals surface area contributed by atoms with Gasteiger partial charge < -0.3 is 14.2 Å². The van der Waals surface area contributed by atoms with Gasteiger partial charge in [0.2, 0.25) is 0 Å². The van der Waals surface area contributed by atoms with Crippen LogP contribution in [-0.4, -0.2) is 57.2 Å². The molecule has 3 aromatic rings. The number of rotatable bonds is 6. The van der Waals surface area contributed by atoms with Gasteiger partial charge in [0.05, 0.1) is 11.8 Å². The Bertz CT molecular complexity index is 1770. The van der Waals surface area contributed by atoms with E-state index in [1.165, 1.54) is 26.7 Å². The molecule has 1 saturated heterocycles. The van der Waals surface area contributed by atoms with E-state index >= 15 is 0 Å². The van der Waals surface area contributed by atoms with Crippen molar-refractivity contribution < 1.29 is 19.1 Å². The molecule has 238 valence electrons. The fourth-order valence-corrected chi connectivity index (χ4v) is 6.77. The average molecular weight is 662 g/mol. The van der Waals surface area contributed by atoms with Gasteiger partial charge in [0, 0.05) is 47.4 Å². The zero-order valence-corrected chi connectivity index (χ0v) is 26.9. The Labute approximate surface area is 277 Å². The van der Waals surface area contributed by atoms with Crippen molar-refractivity contribution in [2.24, 2.45) is 18.1 Å². The molecule has 0 N–H and O–H groups in total. The van der Waals surface area contributed by atoms with Gasteiger partial charge in [-0.25, -0.2) is 9.80 Å². The molecular formula is C35H34Cl2N4O5. The number of pyridine rings is 1. The zero-order chi connectivity index (χ0) is 32.4. The third kappa shape index (κ3) is 6.66. The highest BCUT2D eigenvalue weighted by molar-refractivity contribution is 6.30. The Kier molecular flexibility index (Phi) is 9.42. The number of piperidine rings is 1. The second-order valence-electron chi connectivity index (χ2n) is 11.9. The van der Waals surface area contributed by atoms with E-state index in [4.69, 9.17) is 33.0 Å². The maximum Gasteiger partial charge on any atom is 0.329 e. The summed E-state index contributed by atoms with van der Waals surface area (Å²) in [5.41, 5.74) is 3.67. The lowest BCUT2D eigenvalue weighted by molar-refractivity contribution is -0.157. The minimum atomic E-state index is -0.855. The summed E-state index contributed by atoms with van der Waals surface area (Å²) in [7, 11) is 1.60. The van der Waals surface area contributed by atoms with Gasteiger partial charge in [-0.15, -0.1) is 0 Å². The lowest BCUT2D eigenvalue weighted by Crippen LogP contribution is -2.49. The number of aromatic nitrogens is 1. The van der Waals surface area contributed by atoms with Crippen LogP contribution in [0.15, 0.2) is 82.3 Å². The van der Waals surface area contributed by atoms with Crippen LogP contribution < -0.4 is 5.56 Å². The molecule has 1 saturated carbocycles. The highest BCUT2D eigenvalue weighted by atomic mass is 35.5. The molecule has 0 radical (unpaired) electrons. The van der Waals surface area contributed by atoms with Crippen LogP contribution in [0.25, 0.3) is 6.08 Å². The number of ether oxygens (including phenoxy) is 1. The van der Waals surface area contributed by atoms with Crippen LogP contribution in [-0.2, 0) is 21.4 Å². The fourth-order valence-electron chi connectivity index (χ4n) is 6.52. The first-order valence-corrected chi connectivity index (χ1v) is 16.2. The summed E-state index contributed by atoms with van der Waals surface area (Å²) < 4.78 is 6.97. The summed E-state index contributed by atoms with van der Waals surface area (Å²) in [5.74, 6) is -1.57. The quantitative estimate of drug-likeness (QED) is 0.300. The number of likely N-dealkylation sites (tertiary alicyclic amines) is 1. The topological polar surface area (TPSA) is 101 Å². The summed E-state index contributed by atoms with van der Waals surface area (Å²) in [5, 5.41) is 7.55. The third-order valence-electron chi connectivity index (χ3n) is 8.90. The van der Waals surface area contributed by atoms with E-state index in [2.05, 4.69) is 6.08 Å². The fraction of sp³-hybridized carbons (Fsp3) is 0.343. The number of hydrogen-bond donors (Lipinski definition) is 0. The Morgan fingerprint density at radius 3 is 2.39 bits per heavy atom. The summed E-state index contributed by atoms with van der Waals surface area (Å²) in [4.78, 5) is 54.1. The van der Waals surface area contributed by atoms with Gasteiger partial charge in [-0.05, 0) is 91.6 Å². The second-order valence-corrected chi connectivity index (χ2v) is 12.8. The summed E-state index contributed by atoms with van der Waals surface area (Å²) >= 11 is 12.3. The predicted octanol–water partition coefficient (Wildman–Crippen LogP) is 6.05. The largest absolute Gasteiger partial charge is 0.454 e. The molecule has 46 heavy (non-hydrogen) atoms. The molecule has 9 nitrogen and oxygen atoms in total. The molecule has 1 aromatic heterocycles. The van der Waals surface area contributed by atoms with E-state index in [-0.39, 0.29) is 23.1 Å². The van der Waals surface area contributed by atoms with Crippen molar-refractivity contribution in [1.29, 1.82) is 0 Å². The Balaban J connectivity index is 1.22. The number of nitrogens with zero attached hydrogens (tertiary/aromatic N) is 4. The molecule has 3 unspecified atom stereocenters. The standard InChI is InChI=1S/C35H34Cl2N4O5/c1-39-18-16-25(20-30(39)42)34(44)40-17-3-2-7-29(40)35(45)46-21-31(43)41-33(23-10-14-27(37)15-11-23)28-6-4-5-24(32(28)38-41)19-22-8-12-26(36)13-9-22/h8-16,18-20,28-29,33H,2-7,17,21H2,1H3/b24-19-. The number of halogens is 2. The summed E-state index contributed by atoms with van der Waals surface area (Å²) in [6.07, 6.45) is 8.07. The van der Waals surface area contributed by atoms with Crippen molar-refractivity contribution in [1.82, 2.24) is 14.5 Å². The highest BCUT2D eigenvalue weighted by Gasteiger charge is 2.44. The van der Waals surface area contributed by atoms with Crippen molar-refractivity contribution >= 4 is 52.8 Å². The van der Waals surface area contributed by atoms with Crippen molar-refractivity contribution in [3.05, 3.63) is 110 Å². The maximum absolute atomic E-state index is 13.8. The molecule has 11 heteroatoms. The second kappa shape index (κ2) is 13.6. The molecule has 3 heterocycles. The summed E-state index contributed by atoms with van der Waals surface area (Å²) in [6.45, 7) is -0.169.